The van der Waals surface area contributed by atoms with Crippen LogP contribution in [0.15, 0.2) is 32.9 Å². The fourth-order valence-electron chi connectivity index (χ4n) is 1.07. The van der Waals surface area contributed by atoms with Crippen molar-refractivity contribution < 1.29 is 9.21 Å². The van der Waals surface area contributed by atoms with Gasteiger partial charge >= 0.3 is 0 Å². The Bertz CT molecular complexity index is 410. The normalized spacial score (nSPS) is 10.7. The smallest absolute Gasteiger partial charge is 0.180 e. The van der Waals surface area contributed by atoms with Crippen molar-refractivity contribution in [2.24, 2.45) is 0 Å². The Hall–Kier alpha value is -0.870. The summed E-state index contributed by atoms with van der Waals surface area (Å²) < 4.78 is 6.33. The van der Waals surface area contributed by atoms with Gasteiger partial charge in [-0.1, -0.05) is 0 Å². The third-order valence-electron chi connectivity index (χ3n) is 1.84. The summed E-state index contributed by atoms with van der Waals surface area (Å²) in [5, 5.41) is 0. The molecule has 0 bridgehead atoms. The van der Waals surface area contributed by atoms with E-state index in [1.54, 1.807) is 35.7 Å². The highest BCUT2D eigenvalue weighted by Gasteiger charge is 1.98. The Kier molecular flexibility index (Phi) is 5.49. The fraction of sp³-hybridized carbons (Fsp3) is 0.250. The highest BCUT2D eigenvalue weighted by molar-refractivity contribution is 8.21. The molecule has 16 heavy (non-hydrogen) atoms. The molecule has 0 aromatic carbocycles. The van der Waals surface area contributed by atoms with Crippen molar-refractivity contribution in [3.63, 3.8) is 0 Å². The van der Waals surface area contributed by atoms with Crippen molar-refractivity contribution in [2.45, 2.75) is 6.92 Å². The molecule has 0 saturated heterocycles. The Morgan fingerprint density at radius 3 is 2.50 bits per heavy atom. The number of hydrogen-bond donors (Lipinski definition) is 0. The highest BCUT2D eigenvalue weighted by atomic mass is 32.2. The van der Waals surface area contributed by atoms with E-state index in [-0.39, 0.29) is 5.78 Å². The van der Waals surface area contributed by atoms with E-state index < -0.39 is 0 Å². The van der Waals surface area contributed by atoms with E-state index >= 15 is 0 Å². The molecule has 0 aliphatic carbocycles. The van der Waals surface area contributed by atoms with Crippen LogP contribution in [0.3, 0.4) is 0 Å². The molecule has 1 aromatic heterocycles. The summed E-state index contributed by atoms with van der Waals surface area (Å²) in [6.45, 7) is 1.87. The van der Waals surface area contributed by atoms with Crippen LogP contribution in [0.4, 0.5) is 0 Å². The molecule has 2 nitrogen and oxygen atoms in total. The SMILES string of the molecule is CSC(=CC(=O)/C=C/c1ccc(C)o1)SC. The highest BCUT2D eigenvalue weighted by Crippen LogP contribution is 2.23. The lowest BCUT2D eigenvalue weighted by Crippen LogP contribution is -1.86. The molecule has 86 valence electrons. The number of carbonyl (C=O) groups is 1. The zero-order valence-electron chi connectivity index (χ0n) is 9.52. The Morgan fingerprint density at radius 2 is 2.00 bits per heavy atom. The van der Waals surface area contributed by atoms with Gasteiger partial charge in [-0.15, -0.1) is 23.5 Å². The quantitative estimate of drug-likeness (QED) is 0.749. The molecule has 0 aliphatic heterocycles. The van der Waals surface area contributed by atoms with Crippen LogP contribution in [0.2, 0.25) is 0 Å². The average Bonchev–Trinajstić information content (AvgIpc) is 2.69. The maximum Gasteiger partial charge on any atom is 0.180 e. The standard InChI is InChI=1S/C12H14O2S2/c1-9-4-6-11(14-9)7-5-10(13)8-12(15-2)16-3/h4-8H,1-3H3/b7-5+. The third-order valence-corrected chi connectivity index (χ3v) is 3.88. The van der Waals surface area contributed by atoms with E-state index in [1.807, 2.05) is 31.6 Å². The molecule has 0 atom stereocenters. The van der Waals surface area contributed by atoms with Crippen LogP contribution in [-0.2, 0) is 4.79 Å². The molecular formula is C12H14O2S2. The molecule has 0 N–H and O–H groups in total. The lowest BCUT2D eigenvalue weighted by Gasteiger charge is -1.95. The van der Waals surface area contributed by atoms with Crippen molar-refractivity contribution in [3.05, 3.63) is 40.0 Å². The maximum atomic E-state index is 11.5. The second-order valence-electron chi connectivity index (χ2n) is 3.06. The zero-order chi connectivity index (χ0) is 12.0. The first-order valence-corrected chi connectivity index (χ1v) is 7.19. The zero-order valence-corrected chi connectivity index (χ0v) is 11.2. The molecule has 1 aromatic rings. The molecule has 4 heteroatoms. The largest absolute Gasteiger partial charge is 0.462 e. The van der Waals surface area contributed by atoms with Crippen LogP contribution in [-0.4, -0.2) is 18.3 Å². The van der Waals surface area contributed by atoms with Gasteiger partial charge in [0.25, 0.3) is 0 Å². The second-order valence-corrected chi connectivity index (χ2v) is 5.01. The average molecular weight is 254 g/mol. The first kappa shape index (κ1) is 13.2. The molecule has 0 spiro atoms. The van der Waals surface area contributed by atoms with E-state index in [0.29, 0.717) is 5.76 Å². The van der Waals surface area contributed by atoms with Crippen molar-refractivity contribution in [1.82, 2.24) is 0 Å². The Balaban J connectivity index is 2.64. The third kappa shape index (κ3) is 4.33. The van der Waals surface area contributed by atoms with Crippen molar-refractivity contribution in [3.8, 4) is 0 Å². The number of carbonyl (C=O) groups excluding carboxylic acids is 1. The lowest BCUT2D eigenvalue weighted by molar-refractivity contribution is -0.110. The van der Waals surface area contributed by atoms with E-state index in [0.717, 1.165) is 10.00 Å². The summed E-state index contributed by atoms with van der Waals surface area (Å²) in [6, 6.07) is 3.71. The van der Waals surface area contributed by atoms with Crippen molar-refractivity contribution >= 4 is 35.4 Å². The molecular weight excluding hydrogens is 240 g/mol. The van der Waals surface area contributed by atoms with E-state index in [1.165, 1.54) is 6.08 Å². The summed E-state index contributed by atoms with van der Waals surface area (Å²) in [5.74, 6) is 1.53. The minimum atomic E-state index is -0.0206. The van der Waals surface area contributed by atoms with Crippen LogP contribution in [0.1, 0.15) is 11.5 Å². The van der Waals surface area contributed by atoms with Crippen LogP contribution in [0.25, 0.3) is 6.08 Å². The van der Waals surface area contributed by atoms with Crippen molar-refractivity contribution in [1.29, 1.82) is 0 Å². The van der Waals surface area contributed by atoms with Gasteiger partial charge in [-0.05, 0) is 43.7 Å². The van der Waals surface area contributed by atoms with Gasteiger partial charge in [-0.25, -0.2) is 0 Å². The molecule has 0 unspecified atom stereocenters. The molecule has 1 rings (SSSR count). The van der Waals surface area contributed by atoms with E-state index in [2.05, 4.69) is 0 Å². The van der Waals surface area contributed by atoms with Crippen LogP contribution >= 0.6 is 23.5 Å². The van der Waals surface area contributed by atoms with Gasteiger partial charge in [0.2, 0.25) is 0 Å². The summed E-state index contributed by atoms with van der Waals surface area (Å²) >= 11 is 3.14. The van der Waals surface area contributed by atoms with Gasteiger partial charge in [0.15, 0.2) is 5.78 Å². The number of aryl methyl sites for hydroxylation is 1. The lowest BCUT2D eigenvalue weighted by atomic mass is 10.3. The first-order valence-electron chi connectivity index (χ1n) is 4.74. The maximum absolute atomic E-state index is 11.5. The second kappa shape index (κ2) is 6.66. The first-order chi connectivity index (χ1) is 7.65. The summed E-state index contributed by atoms with van der Waals surface area (Å²) in [7, 11) is 0. The van der Waals surface area contributed by atoms with Crippen LogP contribution in [0, 0.1) is 6.92 Å². The van der Waals surface area contributed by atoms with Gasteiger partial charge in [0.1, 0.15) is 11.5 Å². The molecule has 1 heterocycles. The minimum Gasteiger partial charge on any atom is -0.462 e. The van der Waals surface area contributed by atoms with Crippen molar-refractivity contribution in [2.75, 3.05) is 12.5 Å². The van der Waals surface area contributed by atoms with E-state index in [4.69, 9.17) is 4.42 Å². The number of thioether (sulfide) groups is 2. The summed E-state index contributed by atoms with van der Waals surface area (Å²) in [5.41, 5.74) is 0. The van der Waals surface area contributed by atoms with Gasteiger partial charge < -0.3 is 4.42 Å². The van der Waals surface area contributed by atoms with Gasteiger partial charge in [-0.3, -0.25) is 4.79 Å². The fourth-order valence-corrected chi connectivity index (χ4v) is 2.21. The van der Waals surface area contributed by atoms with Gasteiger partial charge in [0.05, 0.1) is 0 Å². The number of allylic oxidation sites excluding steroid dienone is 2. The minimum absolute atomic E-state index is 0.0206. The molecule has 0 saturated carbocycles. The molecule has 0 fully saturated rings. The number of hydrogen-bond acceptors (Lipinski definition) is 4. The molecule has 0 radical (unpaired) electrons. The summed E-state index contributed by atoms with van der Waals surface area (Å²) in [6.07, 6.45) is 8.74. The predicted octanol–water partition coefficient (Wildman–Crippen LogP) is 3.74. The Morgan fingerprint density at radius 1 is 1.31 bits per heavy atom. The molecule has 0 aliphatic rings. The topological polar surface area (TPSA) is 30.2 Å². The van der Waals surface area contributed by atoms with Crippen LogP contribution in [0.5, 0.6) is 0 Å². The number of rotatable bonds is 5. The van der Waals surface area contributed by atoms with Crippen LogP contribution < -0.4 is 0 Å². The predicted molar refractivity (Wildman–Crippen MR) is 72.6 cm³/mol. The summed E-state index contributed by atoms with van der Waals surface area (Å²) in [4.78, 5) is 11.5. The monoisotopic (exact) mass is 254 g/mol. The van der Waals surface area contributed by atoms with E-state index in [9.17, 15) is 4.79 Å². The molecule has 0 amide bonds. The van der Waals surface area contributed by atoms with Gasteiger partial charge in [0, 0.05) is 10.3 Å². The number of furan rings is 1. The number of ketones is 1. The Labute approximate surface area is 104 Å². The van der Waals surface area contributed by atoms with Gasteiger partial charge in [-0.2, -0.15) is 0 Å².